The van der Waals surface area contributed by atoms with E-state index in [0.717, 1.165) is 51.0 Å². The number of benzene rings is 2. The molecule has 0 spiro atoms. The summed E-state index contributed by atoms with van der Waals surface area (Å²) in [5.74, 6) is -0.437. The third kappa shape index (κ3) is 3.29. The van der Waals surface area contributed by atoms with E-state index in [9.17, 15) is 12.8 Å². The number of aryl methyl sites for hydroxylation is 1. The first kappa shape index (κ1) is 17.6. The number of hydrogen-bond donors (Lipinski definition) is 1. The van der Waals surface area contributed by atoms with Gasteiger partial charge in [0.1, 0.15) is 5.82 Å². The van der Waals surface area contributed by atoms with Crippen molar-refractivity contribution >= 4 is 9.84 Å². The fraction of sp³-hybridized carbons (Fsp3) is 0.400. The molecule has 1 heterocycles. The molecule has 4 rings (SSSR count). The van der Waals surface area contributed by atoms with Crippen molar-refractivity contribution in [2.75, 3.05) is 26.2 Å². The van der Waals surface area contributed by atoms with Gasteiger partial charge >= 0.3 is 0 Å². The second-order valence-corrected chi connectivity index (χ2v) is 8.96. The molecule has 0 aromatic heterocycles. The Morgan fingerprint density at radius 1 is 1.00 bits per heavy atom. The van der Waals surface area contributed by atoms with Crippen molar-refractivity contribution in [3.63, 3.8) is 0 Å². The zero-order chi connectivity index (χ0) is 18.1. The second-order valence-electron chi connectivity index (χ2n) is 7.01. The molecule has 1 atom stereocenters. The van der Waals surface area contributed by atoms with E-state index < -0.39 is 15.7 Å². The number of nitrogens with one attached hydrogen (secondary N) is 1. The number of piperazine rings is 1. The number of rotatable bonds is 3. The van der Waals surface area contributed by atoms with Crippen LogP contribution in [0.1, 0.15) is 30.0 Å². The van der Waals surface area contributed by atoms with Crippen LogP contribution in [0.4, 0.5) is 4.39 Å². The summed E-state index contributed by atoms with van der Waals surface area (Å²) in [6.07, 6.45) is 3.10. The minimum Gasteiger partial charge on any atom is -0.314 e. The van der Waals surface area contributed by atoms with Gasteiger partial charge in [-0.1, -0.05) is 6.07 Å². The Kier molecular flexibility index (Phi) is 4.82. The molecule has 1 saturated heterocycles. The minimum atomic E-state index is -3.62. The van der Waals surface area contributed by atoms with Crippen molar-refractivity contribution in [3.05, 3.63) is 59.4 Å². The molecule has 138 valence electrons. The molecule has 4 nitrogen and oxygen atoms in total. The fourth-order valence-electron chi connectivity index (χ4n) is 4.06. The molecule has 1 fully saturated rings. The van der Waals surface area contributed by atoms with E-state index in [1.807, 2.05) is 12.1 Å². The van der Waals surface area contributed by atoms with E-state index in [-0.39, 0.29) is 4.90 Å². The molecule has 26 heavy (non-hydrogen) atoms. The smallest absolute Gasteiger partial charge is 0.206 e. The SMILES string of the molecule is O=S(=O)(c1ccc(F)cc1)c1ccc2c(c1)CCCC2N1CCNCC1. The van der Waals surface area contributed by atoms with Gasteiger partial charge in [0.05, 0.1) is 9.79 Å². The van der Waals surface area contributed by atoms with E-state index in [1.54, 1.807) is 6.07 Å². The van der Waals surface area contributed by atoms with Crippen LogP contribution in [0, 0.1) is 5.82 Å². The van der Waals surface area contributed by atoms with E-state index in [0.29, 0.717) is 10.9 Å². The number of nitrogens with zero attached hydrogens (tertiary/aromatic N) is 1. The van der Waals surface area contributed by atoms with Gasteiger partial charge < -0.3 is 5.32 Å². The van der Waals surface area contributed by atoms with Gasteiger partial charge in [-0.3, -0.25) is 4.90 Å². The molecule has 1 N–H and O–H groups in total. The van der Waals surface area contributed by atoms with Crippen molar-refractivity contribution < 1.29 is 12.8 Å². The Labute approximate surface area is 153 Å². The predicted molar refractivity (Wildman–Crippen MR) is 98.4 cm³/mol. The maximum Gasteiger partial charge on any atom is 0.206 e. The molecule has 2 aromatic carbocycles. The van der Waals surface area contributed by atoms with Gasteiger partial charge in [0.15, 0.2) is 0 Å². The highest BCUT2D eigenvalue weighted by molar-refractivity contribution is 7.91. The normalized spacial score (nSPS) is 21.3. The first-order valence-corrected chi connectivity index (χ1v) is 10.6. The third-order valence-electron chi connectivity index (χ3n) is 5.42. The molecule has 0 bridgehead atoms. The Hall–Kier alpha value is -1.76. The van der Waals surface area contributed by atoms with Crippen molar-refractivity contribution in [2.45, 2.75) is 35.1 Å². The van der Waals surface area contributed by atoms with Crippen molar-refractivity contribution in [1.82, 2.24) is 10.2 Å². The van der Waals surface area contributed by atoms with E-state index in [2.05, 4.69) is 10.2 Å². The highest BCUT2D eigenvalue weighted by Crippen LogP contribution is 2.36. The lowest BCUT2D eigenvalue weighted by molar-refractivity contribution is 0.158. The van der Waals surface area contributed by atoms with Gasteiger partial charge in [-0.05, 0) is 66.8 Å². The zero-order valence-electron chi connectivity index (χ0n) is 14.6. The molecule has 2 aromatic rings. The van der Waals surface area contributed by atoms with Crippen LogP contribution in [0.3, 0.4) is 0 Å². The summed E-state index contributed by atoms with van der Waals surface area (Å²) in [7, 11) is -3.62. The van der Waals surface area contributed by atoms with Crippen LogP contribution in [-0.2, 0) is 16.3 Å². The summed E-state index contributed by atoms with van der Waals surface area (Å²) < 4.78 is 38.9. The van der Waals surface area contributed by atoms with Crippen molar-refractivity contribution in [2.24, 2.45) is 0 Å². The number of sulfone groups is 1. The van der Waals surface area contributed by atoms with Crippen LogP contribution in [0.15, 0.2) is 52.3 Å². The quantitative estimate of drug-likeness (QED) is 0.840. The zero-order valence-corrected chi connectivity index (χ0v) is 15.4. The van der Waals surface area contributed by atoms with Gasteiger partial charge in [-0.2, -0.15) is 0 Å². The van der Waals surface area contributed by atoms with E-state index >= 15 is 0 Å². The highest BCUT2D eigenvalue weighted by atomic mass is 32.2. The number of fused-ring (bicyclic) bond motifs is 1. The van der Waals surface area contributed by atoms with Crippen molar-refractivity contribution in [3.8, 4) is 0 Å². The average molecular weight is 374 g/mol. The van der Waals surface area contributed by atoms with Gasteiger partial charge in [0.25, 0.3) is 0 Å². The summed E-state index contributed by atoms with van der Waals surface area (Å²) >= 11 is 0. The van der Waals surface area contributed by atoms with E-state index in [1.165, 1.54) is 29.8 Å². The molecular formula is C20H23FN2O2S. The van der Waals surface area contributed by atoms with Crippen LogP contribution in [-0.4, -0.2) is 39.5 Å². The minimum absolute atomic E-state index is 0.133. The lowest BCUT2D eigenvalue weighted by atomic mass is 9.86. The fourth-order valence-corrected chi connectivity index (χ4v) is 5.37. The third-order valence-corrected chi connectivity index (χ3v) is 7.19. The van der Waals surface area contributed by atoms with E-state index in [4.69, 9.17) is 0 Å². The van der Waals surface area contributed by atoms with Gasteiger partial charge in [0.2, 0.25) is 9.84 Å². The van der Waals surface area contributed by atoms with Crippen molar-refractivity contribution in [1.29, 1.82) is 0 Å². The predicted octanol–water partition coefficient (Wildman–Crippen LogP) is 2.94. The highest BCUT2D eigenvalue weighted by Gasteiger charge is 2.28. The summed E-state index contributed by atoms with van der Waals surface area (Å²) in [6, 6.07) is 10.9. The maximum absolute atomic E-state index is 13.1. The molecule has 0 radical (unpaired) electrons. The largest absolute Gasteiger partial charge is 0.314 e. The van der Waals surface area contributed by atoms with Gasteiger partial charge in [0, 0.05) is 32.2 Å². The van der Waals surface area contributed by atoms with Gasteiger partial charge in [-0.25, -0.2) is 12.8 Å². The Morgan fingerprint density at radius 3 is 2.42 bits per heavy atom. The monoisotopic (exact) mass is 374 g/mol. The molecule has 0 saturated carbocycles. The lowest BCUT2D eigenvalue weighted by Gasteiger charge is -2.38. The van der Waals surface area contributed by atoms with Crippen LogP contribution in [0.25, 0.3) is 0 Å². The summed E-state index contributed by atoms with van der Waals surface area (Å²) in [5.41, 5.74) is 2.39. The van der Waals surface area contributed by atoms with Crippen LogP contribution in [0.2, 0.25) is 0 Å². The molecule has 0 amide bonds. The lowest BCUT2D eigenvalue weighted by Crippen LogP contribution is -2.45. The maximum atomic E-state index is 13.1. The number of hydrogen-bond acceptors (Lipinski definition) is 4. The molecule has 6 heteroatoms. The second kappa shape index (κ2) is 7.10. The molecule has 1 aliphatic heterocycles. The first-order chi connectivity index (χ1) is 12.6. The standard InChI is InChI=1S/C20H23FN2O2S/c21-16-4-6-17(7-5-16)26(24,25)18-8-9-19-15(14-18)2-1-3-20(19)23-12-10-22-11-13-23/h4-9,14,20,22H,1-3,10-13H2. The first-order valence-electron chi connectivity index (χ1n) is 9.14. The molecule has 2 aliphatic rings. The Bertz CT molecular complexity index is 891. The Morgan fingerprint density at radius 2 is 1.69 bits per heavy atom. The van der Waals surface area contributed by atoms with Crippen LogP contribution < -0.4 is 5.32 Å². The topological polar surface area (TPSA) is 49.4 Å². The average Bonchev–Trinajstić information content (AvgIpc) is 2.68. The van der Waals surface area contributed by atoms with Gasteiger partial charge in [-0.15, -0.1) is 0 Å². The molecule has 1 aliphatic carbocycles. The number of halogens is 1. The van der Waals surface area contributed by atoms with Crippen LogP contribution >= 0.6 is 0 Å². The summed E-state index contributed by atoms with van der Waals surface area (Å²) in [6.45, 7) is 4.06. The Balaban J connectivity index is 1.67. The molecular weight excluding hydrogens is 351 g/mol. The summed E-state index contributed by atoms with van der Waals surface area (Å²) in [4.78, 5) is 2.93. The summed E-state index contributed by atoms with van der Waals surface area (Å²) in [5, 5.41) is 3.38. The molecule has 1 unspecified atom stereocenters. The van der Waals surface area contributed by atoms with Crippen LogP contribution in [0.5, 0.6) is 0 Å².